The van der Waals surface area contributed by atoms with Crippen LogP contribution in [0.4, 0.5) is 11.7 Å². The number of fused-ring (bicyclic) bond motifs is 1. The van der Waals surface area contributed by atoms with Crippen molar-refractivity contribution in [1.29, 1.82) is 0 Å². The first-order valence-corrected chi connectivity index (χ1v) is 6.60. The maximum atomic E-state index is 5.86. The molecule has 5 heteroatoms. The molecule has 0 amide bonds. The molecule has 0 radical (unpaired) electrons. The van der Waals surface area contributed by atoms with E-state index in [1.165, 1.54) is 12.8 Å². The predicted octanol–water partition coefficient (Wildman–Crippen LogP) is 2.64. The van der Waals surface area contributed by atoms with E-state index in [0.29, 0.717) is 17.1 Å². The number of aromatic nitrogens is 1. The van der Waals surface area contributed by atoms with Gasteiger partial charge in [0.2, 0.25) is 0 Å². The first-order chi connectivity index (χ1) is 9.22. The average molecular weight is 261 g/mol. The van der Waals surface area contributed by atoms with Crippen molar-refractivity contribution in [3.05, 3.63) is 18.2 Å². The summed E-state index contributed by atoms with van der Waals surface area (Å²) >= 11 is 0. The van der Waals surface area contributed by atoms with Crippen LogP contribution in [0.15, 0.2) is 22.6 Å². The Balaban J connectivity index is 1.67. The standard InChI is InChI=1S/C14H19N3O2/c1-18-8-7-14(5-6-14)9-16-13-17-12-10(15)3-2-4-11(12)19-13/h2-4H,5-9,15H2,1H3,(H,16,17). The number of nitrogens with zero attached hydrogens (tertiary/aromatic N) is 1. The van der Waals surface area contributed by atoms with Gasteiger partial charge in [-0.2, -0.15) is 4.98 Å². The fraction of sp³-hybridized carbons (Fsp3) is 0.500. The molecule has 3 N–H and O–H groups in total. The number of nitrogens with one attached hydrogen (secondary N) is 1. The highest BCUT2D eigenvalue weighted by molar-refractivity contribution is 5.86. The largest absolute Gasteiger partial charge is 0.423 e. The molecule has 0 aliphatic heterocycles. The minimum atomic E-state index is 0.363. The molecule has 19 heavy (non-hydrogen) atoms. The number of ether oxygens (including phenoxy) is 1. The normalized spacial score (nSPS) is 16.7. The lowest BCUT2D eigenvalue weighted by molar-refractivity contribution is 0.174. The fourth-order valence-corrected chi connectivity index (χ4v) is 2.32. The summed E-state index contributed by atoms with van der Waals surface area (Å²) in [5.41, 5.74) is 8.33. The van der Waals surface area contributed by atoms with Crippen molar-refractivity contribution in [1.82, 2.24) is 4.98 Å². The zero-order valence-electron chi connectivity index (χ0n) is 11.1. The van der Waals surface area contributed by atoms with Crippen molar-refractivity contribution in [2.24, 2.45) is 5.41 Å². The molecular weight excluding hydrogens is 242 g/mol. The molecule has 0 spiro atoms. The molecule has 1 saturated carbocycles. The predicted molar refractivity (Wildman–Crippen MR) is 75.1 cm³/mol. The van der Waals surface area contributed by atoms with Gasteiger partial charge in [0, 0.05) is 20.3 Å². The number of methoxy groups -OCH3 is 1. The lowest BCUT2D eigenvalue weighted by atomic mass is 10.0. The van der Waals surface area contributed by atoms with Gasteiger partial charge < -0.3 is 20.2 Å². The van der Waals surface area contributed by atoms with Gasteiger partial charge in [-0.05, 0) is 36.8 Å². The van der Waals surface area contributed by atoms with Crippen LogP contribution in [0.2, 0.25) is 0 Å². The number of anilines is 2. The number of rotatable bonds is 6. The summed E-state index contributed by atoms with van der Waals surface area (Å²) in [5, 5.41) is 3.28. The van der Waals surface area contributed by atoms with Gasteiger partial charge in [-0.25, -0.2) is 0 Å². The van der Waals surface area contributed by atoms with E-state index >= 15 is 0 Å². The Hall–Kier alpha value is -1.75. The molecule has 102 valence electrons. The van der Waals surface area contributed by atoms with Crippen molar-refractivity contribution in [2.75, 3.05) is 31.3 Å². The van der Waals surface area contributed by atoms with Crippen LogP contribution in [0.5, 0.6) is 0 Å². The maximum Gasteiger partial charge on any atom is 0.295 e. The van der Waals surface area contributed by atoms with Crippen LogP contribution in [-0.4, -0.2) is 25.2 Å². The molecule has 5 nitrogen and oxygen atoms in total. The van der Waals surface area contributed by atoms with Gasteiger partial charge in [0.15, 0.2) is 5.58 Å². The van der Waals surface area contributed by atoms with E-state index in [9.17, 15) is 0 Å². The quantitative estimate of drug-likeness (QED) is 0.782. The molecule has 0 bridgehead atoms. The Kier molecular flexibility index (Phi) is 3.06. The number of hydrogen-bond acceptors (Lipinski definition) is 5. The van der Waals surface area contributed by atoms with Crippen LogP contribution in [0.3, 0.4) is 0 Å². The van der Waals surface area contributed by atoms with E-state index in [1.807, 2.05) is 18.2 Å². The number of oxazole rings is 1. The van der Waals surface area contributed by atoms with Crippen LogP contribution < -0.4 is 11.1 Å². The second-order valence-corrected chi connectivity index (χ2v) is 5.31. The summed E-state index contributed by atoms with van der Waals surface area (Å²) < 4.78 is 10.8. The fourth-order valence-electron chi connectivity index (χ4n) is 2.32. The summed E-state index contributed by atoms with van der Waals surface area (Å²) in [7, 11) is 1.74. The van der Waals surface area contributed by atoms with Gasteiger partial charge in [0.05, 0.1) is 5.69 Å². The monoisotopic (exact) mass is 261 g/mol. The highest BCUT2D eigenvalue weighted by Gasteiger charge is 2.42. The molecular formula is C14H19N3O2. The van der Waals surface area contributed by atoms with Crippen molar-refractivity contribution in [2.45, 2.75) is 19.3 Å². The van der Waals surface area contributed by atoms with E-state index in [0.717, 1.165) is 30.7 Å². The summed E-state index contributed by atoms with van der Waals surface area (Å²) in [6, 6.07) is 6.13. The van der Waals surface area contributed by atoms with E-state index in [2.05, 4.69) is 10.3 Å². The van der Waals surface area contributed by atoms with Gasteiger partial charge in [0.25, 0.3) is 6.01 Å². The second kappa shape index (κ2) is 4.74. The molecule has 1 aromatic carbocycles. The molecule has 1 aromatic heterocycles. The van der Waals surface area contributed by atoms with Gasteiger partial charge in [0.1, 0.15) is 5.52 Å². The lowest BCUT2D eigenvalue weighted by Crippen LogP contribution is -2.17. The van der Waals surface area contributed by atoms with Crippen LogP contribution in [0.1, 0.15) is 19.3 Å². The topological polar surface area (TPSA) is 73.3 Å². The van der Waals surface area contributed by atoms with Crippen LogP contribution in [0, 0.1) is 5.41 Å². The summed E-state index contributed by atoms with van der Waals surface area (Å²) in [5.74, 6) is 0. The molecule has 2 aromatic rings. The van der Waals surface area contributed by atoms with E-state index in [4.69, 9.17) is 14.9 Å². The van der Waals surface area contributed by atoms with Crippen LogP contribution in [-0.2, 0) is 4.74 Å². The maximum absolute atomic E-state index is 5.86. The number of nitrogens with two attached hydrogens (primary N) is 1. The van der Waals surface area contributed by atoms with E-state index in [-0.39, 0.29) is 0 Å². The third kappa shape index (κ3) is 2.51. The summed E-state index contributed by atoms with van der Waals surface area (Å²) in [6.07, 6.45) is 3.57. The molecule has 1 heterocycles. The third-order valence-corrected chi connectivity index (χ3v) is 3.86. The van der Waals surface area contributed by atoms with Crippen LogP contribution >= 0.6 is 0 Å². The van der Waals surface area contributed by atoms with Crippen molar-refractivity contribution < 1.29 is 9.15 Å². The highest BCUT2D eigenvalue weighted by atomic mass is 16.5. The summed E-state index contributed by atoms with van der Waals surface area (Å²) in [6.45, 7) is 1.69. The second-order valence-electron chi connectivity index (χ2n) is 5.31. The Morgan fingerprint density at radius 2 is 2.32 bits per heavy atom. The van der Waals surface area contributed by atoms with Gasteiger partial charge >= 0.3 is 0 Å². The molecule has 0 unspecified atom stereocenters. The van der Waals surface area contributed by atoms with E-state index in [1.54, 1.807) is 7.11 Å². The number of hydrogen-bond donors (Lipinski definition) is 2. The zero-order valence-corrected chi connectivity index (χ0v) is 11.1. The molecule has 0 saturated heterocycles. The molecule has 1 aliphatic rings. The Labute approximate surface area is 112 Å². The number of benzene rings is 1. The van der Waals surface area contributed by atoms with Crippen molar-refractivity contribution >= 4 is 22.8 Å². The SMILES string of the molecule is COCCC1(CNc2nc3c(N)cccc3o2)CC1. The molecule has 1 fully saturated rings. The lowest BCUT2D eigenvalue weighted by Gasteiger charge is -2.14. The van der Waals surface area contributed by atoms with E-state index < -0.39 is 0 Å². The minimum absolute atomic E-state index is 0.363. The van der Waals surface area contributed by atoms with Crippen LogP contribution in [0.25, 0.3) is 11.1 Å². The summed E-state index contributed by atoms with van der Waals surface area (Å²) in [4.78, 5) is 4.39. The Morgan fingerprint density at radius 1 is 1.47 bits per heavy atom. The average Bonchev–Trinajstić information content (AvgIpc) is 3.05. The van der Waals surface area contributed by atoms with Crippen molar-refractivity contribution in [3.8, 4) is 0 Å². The smallest absolute Gasteiger partial charge is 0.295 e. The Bertz CT molecular complexity index is 575. The molecule has 1 aliphatic carbocycles. The van der Waals surface area contributed by atoms with Gasteiger partial charge in [-0.1, -0.05) is 6.07 Å². The highest BCUT2D eigenvalue weighted by Crippen LogP contribution is 2.48. The molecule has 0 atom stereocenters. The first-order valence-electron chi connectivity index (χ1n) is 6.60. The number of para-hydroxylation sites is 1. The minimum Gasteiger partial charge on any atom is -0.423 e. The first kappa shape index (κ1) is 12.3. The van der Waals surface area contributed by atoms with Gasteiger partial charge in [-0.3, -0.25) is 0 Å². The Morgan fingerprint density at radius 3 is 3.00 bits per heavy atom. The molecule has 3 rings (SSSR count). The third-order valence-electron chi connectivity index (χ3n) is 3.86. The number of nitrogen functional groups attached to an aromatic ring is 1. The van der Waals surface area contributed by atoms with Gasteiger partial charge in [-0.15, -0.1) is 0 Å². The van der Waals surface area contributed by atoms with Crippen molar-refractivity contribution in [3.63, 3.8) is 0 Å². The zero-order chi connectivity index (χ0) is 13.3.